The van der Waals surface area contributed by atoms with E-state index in [2.05, 4.69) is 34.1 Å². The molecule has 0 radical (unpaired) electrons. The van der Waals surface area contributed by atoms with Crippen molar-refractivity contribution >= 4 is 5.97 Å². The second kappa shape index (κ2) is 6.12. The van der Waals surface area contributed by atoms with Crippen LogP contribution in [0.5, 0.6) is 0 Å². The number of nitrogens with zero attached hydrogens (tertiary/aromatic N) is 5. The highest BCUT2D eigenvalue weighted by Crippen LogP contribution is 2.10. The summed E-state index contributed by atoms with van der Waals surface area (Å²) >= 11 is 0. The zero-order valence-electron chi connectivity index (χ0n) is 11.5. The molecular formula is C12H21N5O2. The summed E-state index contributed by atoms with van der Waals surface area (Å²) in [5, 5.41) is 16.2. The molecule has 2 rings (SSSR count). The summed E-state index contributed by atoms with van der Waals surface area (Å²) in [6, 6.07) is 0.610. The Hall–Kier alpha value is -1.47. The van der Waals surface area contributed by atoms with Gasteiger partial charge >= 0.3 is 5.97 Å². The topological polar surface area (TPSA) is 74.5 Å². The lowest BCUT2D eigenvalue weighted by Crippen LogP contribution is -2.51. The van der Waals surface area contributed by atoms with E-state index < -0.39 is 5.97 Å². The molecule has 1 atom stereocenters. The van der Waals surface area contributed by atoms with Crippen molar-refractivity contribution < 1.29 is 9.90 Å². The van der Waals surface area contributed by atoms with Gasteiger partial charge in [0, 0.05) is 32.2 Å². The molecule has 0 saturated carbocycles. The number of aromatic carboxylic acids is 1. The molecular weight excluding hydrogens is 246 g/mol. The summed E-state index contributed by atoms with van der Waals surface area (Å²) in [4.78, 5) is 15.5. The van der Waals surface area contributed by atoms with Gasteiger partial charge < -0.3 is 10.0 Å². The van der Waals surface area contributed by atoms with E-state index in [9.17, 15) is 4.79 Å². The van der Waals surface area contributed by atoms with Crippen molar-refractivity contribution in [3.05, 3.63) is 11.9 Å². The maximum Gasteiger partial charge on any atom is 0.358 e. The Kier molecular flexibility index (Phi) is 4.49. The molecule has 7 heteroatoms. The average molecular weight is 267 g/mol. The molecule has 0 bridgehead atoms. The lowest BCUT2D eigenvalue weighted by atomic mass is 10.1. The Morgan fingerprint density at radius 2 is 2.26 bits per heavy atom. The molecule has 1 unspecified atom stereocenters. The standard InChI is InChI=1S/C12H21N5O2/c1-3-10-8-16(5-4-15(10)2)6-7-17-9-11(12(18)19)13-14-17/h9-10H,3-8H2,1-2H3,(H,18,19). The number of aromatic nitrogens is 3. The van der Waals surface area contributed by atoms with Crippen LogP contribution >= 0.6 is 0 Å². The average Bonchev–Trinajstić information content (AvgIpc) is 2.87. The largest absolute Gasteiger partial charge is 0.476 e. The van der Waals surface area contributed by atoms with E-state index in [1.54, 1.807) is 4.68 Å². The normalized spacial score (nSPS) is 21.7. The molecule has 1 N–H and O–H groups in total. The molecule has 7 nitrogen and oxygen atoms in total. The van der Waals surface area contributed by atoms with Crippen LogP contribution in [0, 0.1) is 0 Å². The zero-order valence-corrected chi connectivity index (χ0v) is 11.5. The summed E-state index contributed by atoms with van der Waals surface area (Å²) in [6.45, 7) is 6.96. The smallest absolute Gasteiger partial charge is 0.358 e. The van der Waals surface area contributed by atoms with Crippen LogP contribution in [0.4, 0.5) is 0 Å². The minimum absolute atomic E-state index is 0.00446. The lowest BCUT2D eigenvalue weighted by molar-refractivity contribution is 0.0690. The van der Waals surface area contributed by atoms with Gasteiger partial charge in [-0.1, -0.05) is 12.1 Å². The molecule has 0 amide bonds. The van der Waals surface area contributed by atoms with Crippen LogP contribution < -0.4 is 0 Å². The molecule has 0 aromatic carbocycles. The van der Waals surface area contributed by atoms with Gasteiger partial charge in [-0.15, -0.1) is 5.10 Å². The number of carboxylic acid groups (broad SMARTS) is 1. The monoisotopic (exact) mass is 267 g/mol. The zero-order chi connectivity index (χ0) is 13.8. The van der Waals surface area contributed by atoms with E-state index in [1.165, 1.54) is 6.20 Å². The van der Waals surface area contributed by atoms with Gasteiger partial charge in [0.25, 0.3) is 0 Å². The molecule has 19 heavy (non-hydrogen) atoms. The Balaban J connectivity index is 1.83. The van der Waals surface area contributed by atoms with Gasteiger partial charge in [0.1, 0.15) is 0 Å². The molecule has 1 fully saturated rings. The van der Waals surface area contributed by atoms with Crippen molar-refractivity contribution in [2.75, 3.05) is 33.2 Å². The van der Waals surface area contributed by atoms with Crippen molar-refractivity contribution in [2.45, 2.75) is 25.9 Å². The minimum atomic E-state index is -1.03. The third-order valence-corrected chi connectivity index (χ3v) is 3.74. The van der Waals surface area contributed by atoms with Gasteiger partial charge in [0.2, 0.25) is 0 Å². The highest BCUT2D eigenvalue weighted by molar-refractivity contribution is 5.84. The van der Waals surface area contributed by atoms with E-state index in [1.807, 2.05) is 0 Å². The quantitative estimate of drug-likeness (QED) is 0.809. The van der Waals surface area contributed by atoms with Gasteiger partial charge in [0.05, 0.1) is 12.7 Å². The van der Waals surface area contributed by atoms with Crippen molar-refractivity contribution in [3.8, 4) is 0 Å². The Bertz CT molecular complexity index is 434. The number of piperazine rings is 1. The van der Waals surface area contributed by atoms with Crippen molar-refractivity contribution in [1.29, 1.82) is 0 Å². The molecule has 1 aliphatic rings. The Morgan fingerprint density at radius 3 is 2.89 bits per heavy atom. The number of carbonyl (C=O) groups is 1. The number of hydrogen-bond donors (Lipinski definition) is 1. The van der Waals surface area contributed by atoms with Crippen LogP contribution in [-0.2, 0) is 6.54 Å². The van der Waals surface area contributed by atoms with Gasteiger partial charge in [-0.05, 0) is 13.5 Å². The fourth-order valence-electron chi connectivity index (χ4n) is 2.40. The number of carboxylic acids is 1. The Labute approximate surface area is 112 Å². The van der Waals surface area contributed by atoms with E-state index in [4.69, 9.17) is 5.11 Å². The van der Waals surface area contributed by atoms with Crippen molar-refractivity contribution in [1.82, 2.24) is 24.8 Å². The second-order valence-electron chi connectivity index (χ2n) is 5.02. The van der Waals surface area contributed by atoms with Crippen LogP contribution in [0.2, 0.25) is 0 Å². The molecule has 2 heterocycles. The Morgan fingerprint density at radius 1 is 1.47 bits per heavy atom. The minimum Gasteiger partial charge on any atom is -0.476 e. The van der Waals surface area contributed by atoms with Crippen LogP contribution in [-0.4, -0.2) is 75.1 Å². The van der Waals surface area contributed by atoms with Crippen molar-refractivity contribution in [3.63, 3.8) is 0 Å². The maximum atomic E-state index is 10.7. The van der Waals surface area contributed by atoms with Gasteiger partial charge in [0.15, 0.2) is 5.69 Å². The van der Waals surface area contributed by atoms with E-state index >= 15 is 0 Å². The van der Waals surface area contributed by atoms with Crippen molar-refractivity contribution in [2.24, 2.45) is 0 Å². The molecule has 106 valence electrons. The lowest BCUT2D eigenvalue weighted by Gasteiger charge is -2.39. The van der Waals surface area contributed by atoms with Gasteiger partial charge in [-0.2, -0.15) is 0 Å². The third kappa shape index (κ3) is 3.51. The molecule has 1 aromatic heterocycles. The fourth-order valence-corrected chi connectivity index (χ4v) is 2.40. The fraction of sp³-hybridized carbons (Fsp3) is 0.750. The SMILES string of the molecule is CCC1CN(CCn2cc(C(=O)O)nn2)CCN1C. The summed E-state index contributed by atoms with van der Waals surface area (Å²) in [6.07, 6.45) is 2.63. The summed E-state index contributed by atoms with van der Waals surface area (Å²) < 4.78 is 1.60. The van der Waals surface area contributed by atoms with Crippen LogP contribution in [0.1, 0.15) is 23.8 Å². The molecule has 0 spiro atoms. The second-order valence-corrected chi connectivity index (χ2v) is 5.02. The molecule has 1 aliphatic heterocycles. The first-order valence-electron chi connectivity index (χ1n) is 6.66. The first-order chi connectivity index (χ1) is 9.10. The van der Waals surface area contributed by atoms with Gasteiger partial charge in [-0.3, -0.25) is 9.58 Å². The predicted octanol–water partition coefficient (Wildman–Crippen LogP) is 0.00230. The first kappa shape index (κ1) is 14.0. The van der Waals surface area contributed by atoms with Gasteiger partial charge in [-0.25, -0.2) is 4.79 Å². The summed E-state index contributed by atoms with van der Waals surface area (Å²) in [5.74, 6) is -1.03. The summed E-state index contributed by atoms with van der Waals surface area (Å²) in [7, 11) is 2.17. The number of hydrogen-bond acceptors (Lipinski definition) is 5. The highest BCUT2D eigenvalue weighted by Gasteiger charge is 2.22. The first-order valence-corrected chi connectivity index (χ1v) is 6.66. The number of rotatable bonds is 5. The molecule has 1 saturated heterocycles. The predicted molar refractivity (Wildman–Crippen MR) is 70.1 cm³/mol. The maximum absolute atomic E-state index is 10.7. The highest BCUT2D eigenvalue weighted by atomic mass is 16.4. The van der Waals surface area contributed by atoms with Crippen LogP contribution in [0.15, 0.2) is 6.20 Å². The van der Waals surface area contributed by atoms with Crippen LogP contribution in [0.25, 0.3) is 0 Å². The number of likely N-dealkylation sites (N-methyl/N-ethyl adjacent to an activating group) is 1. The van der Waals surface area contributed by atoms with E-state index in [0.29, 0.717) is 12.6 Å². The molecule has 0 aliphatic carbocycles. The molecule has 1 aromatic rings. The third-order valence-electron chi connectivity index (χ3n) is 3.74. The van der Waals surface area contributed by atoms with E-state index in [-0.39, 0.29) is 5.69 Å². The summed E-state index contributed by atoms with van der Waals surface area (Å²) in [5.41, 5.74) is 0.00446. The van der Waals surface area contributed by atoms with Crippen LogP contribution in [0.3, 0.4) is 0 Å². The van der Waals surface area contributed by atoms with E-state index in [0.717, 1.165) is 32.6 Å².